The number of fused-ring (bicyclic) bond motifs is 1. The summed E-state index contributed by atoms with van der Waals surface area (Å²) in [6.07, 6.45) is 0. The number of hydrogen-bond donors (Lipinski definition) is 1. The van der Waals surface area contributed by atoms with Gasteiger partial charge in [0.25, 0.3) is 11.9 Å². The van der Waals surface area contributed by atoms with Crippen LogP contribution in [0.5, 0.6) is 5.75 Å². The van der Waals surface area contributed by atoms with Crippen LogP contribution < -0.4 is 10.1 Å². The Morgan fingerprint density at radius 1 is 1.15 bits per heavy atom. The summed E-state index contributed by atoms with van der Waals surface area (Å²) in [6, 6.07) is 17.5. The Bertz CT molecular complexity index is 1040. The van der Waals surface area contributed by atoms with Crippen molar-refractivity contribution in [3.63, 3.8) is 0 Å². The van der Waals surface area contributed by atoms with Crippen molar-refractivity contribution in [3.05, 3.63) is 65.5 Å². The summed E-state index contributed by atoms with van der Waals surface area (Å²) in [5, 5.41) is 9.06. The van der Waals surface area contributed by atoms with Crippen molar-refractivity contribution in [2.45, 2.75) is 6.92 Å². The third kappa shape index (κ3) is 3.43. The predicted molar refractivity (Wildman–Crippen MR) is 102 cm³/mol. The molecule has 6 nitrogen and oxygen atoms in total. The van der Waals surface area contributed by atoms with Gasteiger partial charge in [-0.3, -0.25) is 10.1 Å². The monoisotopic (exact) mass is 364 g/mol. The Morgan fingerprint density at radius 3 is 2.69 bits per heavy atom. The summed E-state index contributed by atoms with van der Waals surface area (Å²) in [6.45, 7) is 1.90. The summed E-state index contributed by atoms with van der Waals surface area (Å²) < 4.78 is 7.20. The highest BCUT2D eigenvalue weighted by molar-refractivity contribution is 7.15. The Kier molecular flexibility index (Phi) is 4.37. The van der Waals surface area contributed by atoms with Crippen molar-refractivity contribution in [2.75, 3.05) is 11.9 Å². The largest absolute Gasteiger partial charge is 0.484 e. The molecule has 26 heavy (non-hydrogen) atoms. The minimum Gasteiger partial charge on any atom is -0.484 e. The summed E-state index contributed by atoms with van der Waals surface area (Å²) in [5.41, 5.74) is 3.12. The maximum Gasteiger partial charge on any atom is 0.264 e. The second-order valence-electron chi connectivity index (χ2n) is 5.77. The standard InChI is InChI=1S/C19H16N4O2S/c1-13-7-9-15(10-8-13)25-11-17(24)20-18-21-19-23(22-18)16(12-26-19)14-5-3-2-4-6-14/h2-10,12H,11H2,1H3,(H,20,22,24). The van der Waals surface area contributed by atoms with E-state index in [-0.39, 0.29) is 18.5 Å². The highest BCUT2D eigenvalue weighted by Gasteiger charge is 2.13. The van der Waals surface area contributed by atoms with Gasteiger partial charge in [0, 0.05) is 10.9 Å². The van der Waals surface area contributed by atoms with E-state index in [1.165, 1.54) is 11.3 Å². The molecule has 0 aliphatic heterocycles. The summed E-state index contributed by atoms with van der Waals surface area (Å²) in [7, 11) is 0. The first-order chi connectivity index (χ1) is 12.7. The smallest absolute Gasteiger partial charge is 0.264 e. The number of benzene rings is 2. The molecular formula is C19H16N4O2S. The fraction of sp³-hybridized carbons (Fsp3) is 0.105. The first-order valence-corrected chi connectivity index (χ1v) is 8.96. The van der Waals surface area contributed by atoms with Gasteiger partial charge in [-0.15, -0.1) is 16.4 Å². The number of carbonyl (C=O) groups excluding carboxylic acids is 1. The third-order valence-electron chi connectivity index (χ3n) is 3.79. The van der Waals surface area contributed by atoms with Crippen LogP contribution in [-0.4, -0.2) is 27.1 Å². The fourth-order valence-electron chi connectivity index (χ4n) is 2.49. The number of rotatable bonds is 5. The number of carbonyl (C=O) groups is 1. The number of amides is 1. The number of nitrogens with zero attached hydrogens (tertiary/aromatic N) is 3. The second-order valence-corrected chi connectivity index (χ2v) is 6.60. The molecule has 0 spiro atoms. The maximum atomic E-state index is 12.1. The van der Waals surface area contributed by atoms with Crippen LogP contribution in [-0.2, 0) is 4.79 Å². The molecule has 2 aromatic carbocycles. The van der Waals surface area contributed by atoms with Crippen molar-refractivity contribution < 1.29 is 9.53 Å². The Labute approximate surface area is 154 Å². The van der Waals surface area contributed by atoms with Gasteiger partial charge in [-0.1, -0.05) is 48.0 Å². The number of aromatic nitrogens is 3. The van der Waals surface area contributed by atoms with Crippen molar-refractivity contribution in [1.29, 1.82) is 0 Å². The van der Waals surface area contributed by atoms with Crippen molar-refractivity contribution >= 4 is 28.2 Å². The molecule has 0 aliphatic carbocycles. The van der Waals surface area contributed by atoms with E-state index in [0.717, 1.165) is 21.8 Å². The van der Waals surface area contributed by atoms with E-state index >= 15 is 0 Å². The zero-order valence-electron chi connectivity index (χ0n) is 14.0. The SMILES string of the molecule is Cc1ccc(OCC(=O)Nc2nc3scc(-c4ccccc4)n3n2)cc1. The highest BCUT2D eigenvalue weighted by atomic mass is 32.1. The lowest BCUT2D eigenvalue weighted by Gasteiger charge is -2.05. The first kappa shape index (κ1) is 16.3. The van der Waals surface area contributed by atoms with Gasteiger partial charge in [0.2, 0.25) is 4.96 Å². The topological polar surface area (TPSA) is 68.5 Å². The van der Waals surface area contributed by atoms with Crippen molar-refractivity contribution in [3.8, 4) is 17.0 Å². The van der Waals surface area contributed by atoms with E-state index in [9.17, 15) is 4.79 Å². The molecule has 4 aromatic rings. The van der Waals surface area contributed by atoms with E-state index in [1.807, 2.05) is 66.9 Å². The molecule has 0 radical (unpaired) electrons. The van der Waals surface area contributed by atoms with Crippen LogP contribution in [0, 0.1) is 6.92 Å². The summed E-state index contributed by atoms with van der Waals surface area (Å²) >= 11 is 1.48. The quantitative estimate of drug-likeness (QED) is 0.585. The first-order valence-electron chi connectivity index (χ1n) is 8.08. The lowest BCUT2D eigenvalue weighted by atomic mass is 10.2. The number of anilines is 1. The van der Waals surface area contributed by atoms with Crippen LogP contribution in [0.3, 0.4) is 0 Å². The van der Waals surface area contributed by atoms with E-state index in [2.05, 4.69) is 15.4 Å². The fourth-order valence-corrected chi connectivity index (χ4v) is 3.32. The molecule has 0 aliphatic rings. The molecule has 4 rings (SSSR count). The number of nitrogens with one attached hydrogen (secondary N) is 1. The molecule has 0 saturated heterocycles. The van der Waals surface area contributed by atoms with Gasteiger partial charge in [-0.25, -0.2) is 4.52 Å². The Balaban J connectivity index is 1.45. The van der Waals surface area contributed by atoms with Crippen LogP contribution in [0.2, 0.25) is 0 Å². The van der Waals surface area contributed by atoms with Crippen molar-refractivity contribution in [1.82, 2.24) is 14.6 Å². The van der Waals surface area contributed by atoms with E-state index in [1.54, 1.807) is 4.52 Å². The average molecular weight is 364 g/mol. The van der Waals surface area contributed by atoms with Gasteiger partial charge in [0.15, 0.2) is 6.61 Å². The molecule has 0 fully saturated rings. The van der Waals surface area contributed by atoms with E-state index in [0.29, 0.717) is 5.75 Å². The highest BCUT2D eigenvalue weighted by Crippen LogP contribution is 2.25. The maximum absolute atomic E-state index is 12.1. The molecule has 130 valence electrons. The minimum absolute atomic E-state index is 0.0958. The molecule has 2 aromatic heterocycles. The van der Waals surface area contributed by atoms with Gasteiger partial charge in [0.1, 0.15) is 5.75 Å². The third-order valence-corrected chi connectivity index (χ3v) is 4.61. The molecular weight excluding hydrogens is 348 g/mol. The molecule has 0 atom stereocenters. The zero-order valence-corrected chi connectivity index (χ0v) is 14.9. The van der Waals surface area contributed by atoms with Gasteiger partial charge in [0.05, 0.1) is 5.69 Å². The Morgan fingerprint density at radius 2 is 1.92 bits per heavy atom. The number of hydrogen-bond acceptors (Lipinski definition) is 5. The lowest BCUT2D eigenvalue weighted by molar-refractivity contribution is -0.118. The molecule has 2 heterocycles. The second kappa shape index (κ2) is 6.97. The predicted octanol–water partition coefficient (Wildman–Crippen LogP) is 3.78. The van der Waals surface area contributed by atoms with Gasteiger partial charge in [-0.05, 0) is 19.1 Å². The normalized spacial score (nSPS) is 10.8. The van der Waals surface area contributed by atoms with E-state index in [4.69, 9.17) is 4.74 Å². The van der Waals surface area contributed by atoms with Crippen LogP contribution >= 0.6 is 11.3 Å². The van der Waals surface area contributed by atoms with Gasteiger partial charge < -0.3 is 4.74 Å². The molecule has 1 amide bonds. The summed E-state index contributed by atoms with van der Waals surface area (Å²) in [4.78, 5) is 17.2. The molecule has 0 bridgehead atoms. The van der Waals surface area contributed by atoms with Gasteiger partial charge >= 0.3 is 0 Å². The summed E-state index contributed by atoms with van der Waals surface area (Å²) in [5.74, 6) is 0.618. The zero-order chi connectivity index (χ0) is 17.9. The van der Waals surface area contributed by atoms with Crippen LogP contribution in [0.25, 0.3) is 16.2 Å². The number of ether oxygens (including phenoxy) is 1. The van der Waals surface area contributed by atoms with Gasteiger partial charge in [-0.2, -0.15) is 4.98 Å². The lowest BCUT2D eigenvalue weighted by Crippen LogP contribution is -2.20. The van der Waals surface area contributed by atoms with Crippen molar-refractivity contribution in [2.24, 2.45) is 0 Å². The average Bonchev–Trinajstić information content (AvgIpc) is 3.22. The Hall–Kier alpha value is -3.19. The van der Waals surface area contributed by atoms with Crippen LogP contribution in [0.15, 0.2) is 60.0 Å². The molecule has 7 heteroatoms. The van der Waals surface area contributed by atoms with Crippen LogP contribution in [0.1, 0.15) is 5.56 Å². The number of aryl methyl sites for hydroxylation is 1. The molecule has 0 saturated carbocycles. The minimum atomic E-state index is -0.301. The molecule has 0 unspecified atom stereocenters. The van der Waals surface area contributed by atoms with E-state index < -0.39 is 0 Å². The number of thiazole rings is 1. The molecule has 1 N–H and O–H groups in total. The van der Waals surface area contributed by atoms with Crippen LogP contribution in [0.4, 0.5) is 5.95 Å².